The third-order valence-electron chi connectivity index (χ3n) is 3.71. The highest BCUT2D eigenvalue weighted by atomic mass is 16.3. The fourth-order valence-corrected chi connectivity index (χ4v) is 2.66. The first-order valence-electron chi connectivity index (χ1n) is 7.09. The fourth-order valence-electron chi connectivity index (χ4n) is 2.66. The van der Waals surface area contributed by atoms with Gasteiger partial charge in [0.25, 0.3) is 0 Å². The zero-order valence-corrected chi connectivity index (χ0v) is 12.5. The van der Waals surface area contributed by atoms with E-state index in [4.69, 9.17) is 4.42 Å². The summed E-state index contributed by atoms with van der Waals surface area (Å²) in [6.45, 7) is 14.3. The second-order valence-corrected chi connectivity index (χ2v) is 5.23. The van der Waals surface area contributed by atoms with Crippen LogP contribution < -0.4 is 5.32 Å². The zero-order valence-electron chi connectivity index (χ0n) is 12.5. The summed E-state index contributed by atoms with van der Waals surface area (Å²) in [7, 11) is 0. The maximum absolute atomic E-state index is 5.63. The van der Waals surface area contributed by atoms with Gasteiger partial charge in [-0.2, -0.15) is 0 Å². The summed E-state index contributed by atoms with van der Waals surface area (Å²) in [6, 6.07) is 4.26. The lowest BCUT2D eigenvalue weighted by Gasteiger charge is -2.43. The van der Waals surface area contributed by atoms with Gasteiger partial charge in [-0.3, -0.25) is 4.90 Å². The second-order valence-electron chi connectivity index (χ2n) is 5.23. The molecular weight excluding hydrogens is 224 g/mol. The average Bonchev–Trinajstić information content (AvgIpc) is 2.84. The first-order chi connectivity index (χ1) is 8.57. The minimum Gasteiger partial charge on any atom is -0.468 e. The molecule has 1 atom stereocenters. The number of rotatable bonds is 8. The lowest BCUT2D eigenvalue weighted by molar-refractivity contribution is 0.0819. The summed E-state index contributed by atoms with van der Waals surface area (Å²) in [5.41, 5.74) is 0.0382. The highest BCUT2D eigenvalue weighted by Crippen LogP contribution is 2.31. The molecule has 3 nitrogen and oxygen atoms in total. The van der Waals surface area contributed by atoms with E-state index in [-0.39, 0.29) is 11.6 Å². The van der Waals surface area contributed by atoms with Gasteiger partial charge in [0, 0.05) is 5.54 Å². The molecule has 1 rings (SSSR count). The van der Waals surface area contributed by atoms with Crippen molar-refractivity contribution < 1.29 is 4.42 Å². The van der Waals surface area contributed by atoms with Crippen LogP contribution in [0.25, 0.3) is 0 Å². The molecule has 0 saturated carbocycles. The van der Waals surface area contributed by atoms with Crippen molar-refractivity contribution in [2.75, 3.05) is 19.6 Å². The van der Waals surface area contributed by atoms with E-state index in [1.165, 1.54) is 0 Å². The molecule has 0 aliphatic rings. The molecule has 0 aliphatic carbocycles. The van der Waals surface area contributed by atoms with Crippen molar-refractivity contribution in [2.45, 2.75) is 52.6 Å². The standard InChI is InChI=1S/C15H28N2O/c1-6-11-16-14(13-10-9-12-18-13)15(4,5)17(7-2)8-3/h9-10,12,14,16H,6-8,11H2,1-5H3. The minimum atomic E-state index is 0.0382. The van der Waals surface area contributed by atoms with Crippen molar-refractivity contribution in [1.82, 2.24) is 10.2 Å². The molecule has 3 heteroatoms. The number of furan rings is 1. The number of nitrogens with zero attached hydrogens (tertiary/aromatic N) is 1. The molecule has 0 fully saturated rings. The Balaban J connectivity index is 2.94. The SMILES string of the molecule is CCCNC(c1ccco1)C(C)(C)N(CC)CC. The molecule has 18 heavy (non-hydrogen) atoms. The van der Waals surface area contributed by atoms with Gasteiger partial charge in [0.05, 0.1) is 12.3 Å². The van der Waals surface area contributed by atoms with E-state index < -0.39 is 0 Å². The third kappa shape index (κ3) is 3.36. The molecule has 104 valence electrons. The van der Waals surface area contributed by atoms with Crippen LogP contribution in [0, 0.1) is 0 Å². The van der Waals surface area contributed by atoms with Gasteiger partial charge in [0.1, 0.15) is 5.76 Å². The molecule has 1 aromatic rings. The summed E-state index contributed by atoms with van der Waals surface area (Å²) < 4.78 is 5.63. The summed E-state index contributed by atoms with van der Waals surface area (Å²) in [4.78, 5) is 2.48. The van der Waals surface area contributed by atoms with E-state index in [2.05, 4.69) is 50.9 Å². The molecule has 1 heterocycles. The van der Waals surface area contributed by atoms with Gasteiger partial charge >= 0.3 is 0 Å². The second kappa shape index (κ2) is 6.95. The predicted octanol–water partition coefficient (Wildman–Crippen LogP) is 3.44. The minimum absolute atomic E-state index is 0.0382. The lowest BCUT2D eigenvalue weighted by atomic mass is 9.90. The van der Waals surface area contributed by atoms with Crippen molar-refractivity contribution in [1.29, 1.82) is 0 Å². The van der Waals surface area contributed by atoms with Crippen LogP contribution >= 0.6 is 0 Å². The van der Waals surface area contributed by atoms with Crippen LogP contribution in [0.3, 0.4) is 0 Å². The van der Waals surface area contributed by atoms with Gasteiger partial charge in [-0.25, -0.2) is 0 Å². The van der Waals surface area contributed by atoms with Crippen LogP contribution in [0.1, 0.15) is 52.8 Å². The van der Waals surface area contributed by atoms with E-state index in [0.29, 0.717) is 0 Å². The van der Waals surface area contributed by atoms with Gasteiger partial charge in [-0.1, -0.05) is 20.8 Å². The van der Waals surface area contributed by atoms with E-state index >= 15 is 0 Å². The molecule has 0 amide bonds. The Morgan fingerprint density at radius 2 is 1.94 bits per heavy atom. The monoisotopic (exact) mass is 252 g/mol. The van der Waals surface area contributed by atoms with Gasteiger partial charge < -0.3 is 9.73 Å². The van der Waals surface area contributed by atoms with E-state index in [9.17, 15) is 0 Å². The zero-order chi connectivity index (χ0) is 13.6. The Kier molecular flexibility index (Phi) is 5.89. The Morgan fingerprint density at radius 3 is 2.39 bits per heavy atom. The van der Waals surface area contributed by atoms with Gasteiger partial charge in [0.2, 0.25) is 0 Å². The number of likely N-dealkylation sites (N-methyl/N-ethyl adjacent to an activating group) is 1. The molecule has 0 aromatic carbocycles. The van der Waals surface area contributed by atoms with Crippen molar-refractivity contribution in [3.05, 3.63) is 24.2 Å². The van der Waals surface area contributed by atoms with Crippen molar-refractivity contribution in [3.8, 4) is 0 Å². The van der Waals surface area contributed by atoms with Crippen LogP contribution in [0.4, 0.5) is 0 Å². The van der Waals surface area contributed by atoms with Crippen LogP contribution in [0.5, 0.6) is 0 Å². The number of hydrogen-bond donors (Lipinski definition) is 1. The van der Waals surface area contributed by atoms with E-state index in [1.807, 2.05) is 6.07 Å². The molecule has 0 bridgehead atoms. The van der Waals surface area contributed by atoms with Crippen molar-refractivity contribution >= 4 is 0 Å². The first kappa shape index (κ1) is 15.3. The fraction of sp³-hybridized carbons (Fsp3) is 0.733. The normalized spacial score (nSPS) is 14.1. The van der Waals surface area contributed by atoms with Crippen LogP contribution in [-0.2, 0) is 0 Å². The highest BCUT2D eigenvalue weighted by Gasteiger charge is 2.36. The largest absolute Gasteiger partial charge is 0.468 e. The van der Waals surface area contributed by atoms with Crippen LogP contribution in [0.2, 0.25) is 0 Å². The topological polar surface area (TPSA) is 28.4 Å². The molecule has 0 saturated heterocycles. The summed E-state index contributed by atoms with van der Waals surface area (Å²) >= 11 is 0. The smallest absolute Gasteiger partial charge is 0.122 e. The van der Waals surface area contributed by atoms with Gasteiger partial charge in [-0.15, -0.1) is 0 Å². The Bertz CT molecular complexity index is 315. The summed E-state index contributed by atoms with van der Waals surface area (Å²) in [6.07, 6.45) is 2.89. The summed E-state index contributed by atoms with van der Waals surface area (Å²) in [5, 5.41) is 3.63. The van der Waals surface area contributed by atoms with Crippen molar-refractivity contribution in [3.63, 3.8) is 0 Å². The maximum atomic E-state index is 5.63. The van der Waals surface area contributed by atoms with Crippen LogP contribution in [-0.4, -0.2) is 30.1 Å². The average molecular weight is 252 g/mol. The molecule has 1 N–H and O–H groups in total. The molecule has 0 spiro atoms. The lowest BCUT2D eigenvalue weighted by Crippen LogP contribution is -2.52. The number of hydrogen-bond acceptors (Lipinski definition) is 3. The van der Waals surface area contributed by atoms with Gasteiger partial charge in [-0.05, 0) is 52.0 Å². The maximum Gasteiger partial charge on any atom is 0.122 e. The molecule has 0 radical (unpaired) electrons. The predicted molar refractivity (Wildman–Crippen MR) is 76.7 cm³/mol. The van der Waals surface area contributed by atoms with Crippen molar-refractivity contribution in [2.24, 2.45) is 0 Å². The van der Waals surface area contributed by atoms with E-state index in [0.717, 1.165) is 31.8 Å². The quantitative estimate of drug-likeness (QED) is 0.768. The Morgan fingerprint density at radius 1 is 1.28 bits per heavy atom. The highest BCUT2D eigenvalue weighted by molar-refractivity contribution is 5.11. The molecule has 0 aliphatic heterocycles. The first-order valence-corrected chi connectivity index (χ1v) is 7.09. The molecule has 1 aromatic heterocycles. The molecule has 1 unspecified atom stereocenters. The Hall–Kier alpha value is -0.800. The van der Waals surface area contributed by atoms with Crippen LogP contribution in [0.15, 0.2) is 22.8 Å². The number of nitrogens with one attached hydrogen (secondary N) is 1. The third-order valence-corrected chi connectivity index (χ3v) is 3.71. The summed E-state index contributed by atoms with van der Waals surface area (Å²) in [5.74, 6) is 1.03. The van der Waals surface area contributed by atoms with E-state index in [1.54, 1.807) is 6.26 Å². The van der Waals surface area contributed by atoms with Gasteiger partial charge in [0.15, 0.2) is 0 Å². The Labute approximate surface area is 112 Å². The molecular formula is C15H28N2O.